The molecule has 0 unspecified atom stereocenters. The number of pyridine rings is 1. The third-order valence-electron chi connectivity index (χ3n) is 5.28. The van der Waals surface area contributed by atoms with Crippen molar-refractivity contribution in [1.29, 1.82) is 0 Å². The smallest absolute Gasteiger partial charge is 0.339 e. The SMILES string of the molecule is O=C(O)c1cc(-c2ccc(NCC3(c4ncccc4F)CC(F)C3)nn2)ccc1O. The number of halogens is 2. The Hall–Kier alpha value is -3.62. The fourth-order valence-electron chi connectivity index (χ4n) is 3.69. The molecule has 9 heteroatoms. The van der Waals surface area contributed by atoms with Gasteiger partial charge in [0.1, 0.15) is 29.1 Å². The van der Waals surface area contributed by atoms with Crippen molar-refractivity contribution in [2.45, 2.75) is 24.4 Å². The number of anilines is 1. The van der Waals surface area contributed by atoms with Crippen LogP contribution in [0.4, 0.5) is 14.6 Å². The molecule has 1 saturated carbocycles. The molecule has 1 fully saturated rings. The zero-order chi connectivity index (χ0) is 21.3. The highest BCUT2D eigenvalue weighted by molar-refractivity contribution is 5.92. The summed E-state index contributed by atoms with van der Waals surface area (Å²) in [5, 5.41) is 30.0. The Labute approximate surface area is 170 Å². The fraction of sp³-hybridized carbons (Fsp3) is 0.238. The molecule has 2 heterocycles. The third-order valence-corrected chi connectivity index (χ3v) is 5.28. The minimum atomic E-state index is -1.25. The molecule has 1 aromatic carbocycles. The normalized spacial score (nSPS) is 20.4. The molecule has 30 heavy (non-hydrogen) atoms. The standard InChI is InChI=1S/C21H18F2N4O3/c22-13-9-21(10-13,19-15(23)2-1-7-24-19)11-25-18-6-4-16(26-27-18)12-3-5-17(28)14(8-12)20(29)30/h1-8,13,28H,9-11H2,(H,25,27)(H,29,30). The number of nitrogens with zero attached hydrogens (tertiary/aromatic N) is 3. The van der Waals surface area contributed by atoms with Crippen LogP contribution in [0.2, 0.25) is 0 Å². The first-order valence-electron chi connectivity index (χ1n) is 9.27. The minimum Gasteiger partial charge on any atom is -0.507 e. The van der Waals surface area contributed by atoms with E-state index in [2.05, 4.69) is 20.5 Å². The molecule has 0 saturated heterocycles. The number of carbonyl (C=O) groups is 1. The lowest BCUT2D eigenvalue weighted by Gasteiger charge is -2.44. The maximum Gasteiger partial charge on any atom is 0.339 e. The second-order valence-electron chi connectivity index (χ2n) is 7.31. The van der Waals surface area contributed by atoms with E-state index in [1.165, 1.54) is 36.5 Å². The molecule has 154 valence electrons. The van der Waals surface area contributed by atoms with Crippen LogP contribution in [-0.4, -0.2) is 44.1 Å². The van der Waals surface area contributed by atoms with Gasteiger partial charge in [-0.3, -0.25) is 4.98 Å². The van der Waals surface area contributed by atoms with Crippen LogP contribution in [0.25, 0.3) is 11.3 Å². The van der Waals surface area contributed by atoms with E-state index in [-0.39, 0.29) is 36.4 Å². The quantitative estimate of drug-likeness (QED) is 0.568. The van der Waals surface area contributed by atoms with Gasteiger partial charge >= 0.3 is 5.97 Å². The average Bonchev–Trinajstić information content (AvgIpc) is 2.71. The highest BCUT2D eigenvalue weighted by Crippen LogP contribution is 2.45. The van der Waals surface area contributed by atoms with Gasteiger partial charge in [-0.25, -0.2) is 13.6 Å². The number of hydrogen-bond acceptors (Lipinski definition) is 6. The Kier molecular flexibility index (Phi) is 5.03. The van der Waals surface area contributed by atoms with Gasteiger partial charge in [0.25, 0.3) is 0 Å². The summed E-state index contributed by atoms with van der Waals surface area (Å²) in [6, 6.07) is 10.2. The van der Waals surface area contributed by atoms with E-state index in [4.69, 9.17) is 5.11 Å². The number of aromatic nitrogens is 3. The molecule has 4 rings (SSSR count). The number of hydrogen-bond donors (Lipinski definition) is 3. The number of carboxylic acid groups (broad SMARTS) is 1. The van der Waals surface area contributed by atoms with Crippen molar-refractivity contribution in [2.75, 3.05) is 11.9 Å². The number of benzene rings is 1. The van der Waals surface area contributed by atoms with Crippen molar-refractivity contribution >= 4 is 11.8 Å². The van der Waals surface area contributed by atoms with E-state index < -0.39 is 23.4 Å². The van der Waals surface area contributed by atoms with E-state index in [1.807, 2.05) is 0 Å². The van der Waals surface area contributed by atoms with Gasteiger partial charge in [-0.15, -0.1) is 10.2 Å². The third kappa shape index (κ3) is 3.66. The van der Waals surface area contributed by atoms with E-state index >= 15 is 0 Å². The van der Waals surface area contributed by atoms with Crippen LogP contribution in [0.3, 0.4) is 0 Å². The molecule has 3 aromatic rings. The highest BCUT2D eigenvalue weighted by Gasteiger charge is 2.48. The van der Waals surface area contributed by atoms with Crippen LogP contribution >= 0.6 is 0 Å². The van der Waals surface area contributed by atoms with E-state index in [0.29, 0.717) is 17.1 Å². The Morgan fingerprint density at radius 3 is 2.63 bits per heavy atom. The second-order valence-corrected chi connectivity index (χ2v) is 7.31. The first-order chi connectivity index (χ1) is 14.4. The van der Waals surface area contributed by atoms with Crippen LogP contribution < -0.4 is 5.32 Å². The summed E-state index contributed by atoms with van der Waals surface area (Å²) in [4.78, 5) is 15.3. The summed E-state index contributed by atoms with van der Waals surface area (Å²) >= 11 is 0. The lowest BCUT2D eigenvalue weighted by molar-refractivity contribution is 0.0693. The second kappa shape index (κ2) is 7.66. The summed E-state index contributed by atoms with van der Waals surface area (Å²) in [7, 11) is 0. The largest absolute Gasteiger partial charge is 0.507 e. The predicted octanol–water partition coefficient (Wildman–Crippen LogP) is 3.56. The summed E-state index contributed by atoms with van der Waals surface area (Å²) in [6.45, 7) is 0.248. The minimum absolute atomic E-state index is 0.172. The molecule has 0 atom stereocenters. The van der Waals surface area contributed by atoms with Crippen molar-refractivity contribution in [3.05, 3.63) is 65.7 Å². The molecule has 0 amide bonds. The number of nitrogens with one attached hydrogen (secondary N) is 1. The van der Waals surface area contributed by atoms with Crippen molar-refractivity contribution in [3.8, 4) is 17.0 Å². The molecule has 0 bridgehead atoms. The van der Waals surface area contributed by atoms with Gasteiger partial charge in [0.15, 0.2) is 0 Å². The molecule has 3 N–H and O–H groups in total. The molecule has 1 aliphatic carbocycles. The maximum absolute atomic E-state index is 14.2. The summed E-state index contributed by atoms with van der Waals surface area (Å²) < 4.78 is 27.9. The van der Waals surface area contributed by atoms with Gasteiger partial charge in [0.2, 0.25) is 0 Å². The Morgan fingerprint density at radius 2 is 2.00 bits per heavy atom. The Morgan fingerprint density at radius 1 is 1.20 bits per heavy atom. The average molecular weight is 412 g/mol. The highest BCUT2D eigenvalue weighted by atomic mass is 19.1. The van der Waals surface area contributed by atoms with Crippen LogP contribution in [0.15, 0.2) is 48.7 Å². The lowest BCUT2D eigenvalue weighted by atomic mass is 9.65. The van der Waals surface area contributed by atoms with Crippen LogP contribution in [0.5, 0.6) is 5.75 Å². The number of alkyl halides is 1. The summed E-state index contributed by atoms with van der Waals surface area (Å²) in [5.74, 6) is -1.64. The first-order valence-corrected chi connectivity index (χ1v) is 9.27. The monoisotopic (exact) mass is 412 g/mol. The number of phenols is 1. The van der Waals surface area contributed by atoms with E-state index in [1.54, 1.807) is 12.1 Å². The van der Waals surface area contributed by atoms with Gasteiger partial charge in [0.05, 0.1) is 11.4 Å². The summed E-state index contributed by atoms with van der Waals surface area (Å²) in [6.07, 6.45) is 0.832. The van der Waals surface area contributed by atoms with Gasteiger partial charge in [-0.1, -0.05) is 0 Å². The van der Waals surface area contributed by atoms with E-state index in [0.717, 1.165) is 0 Å². The molecule has 1 aliphatic rings. The van der Waals surface area contributed by atoms with E-state index in [9.17, 15) is 18.7 Å². The molecule has 7 nitrogen and oxygen atoms in total. The van der Waals surface area contributed by atoms with Gasteiger partial charge in [0, 0.05) is 23.7 Å². The predicted molar refractivity (Wildman–Crippen MR) is 105 cm³/mol. The zero-order valence-corrected chi connectivity index (χ0v) is 15.7. The van der Waals surface area contributed by atoms with Crippen LogP contribution in [-0.2, 0) is 5.41 Å². The zero-order valence-electron chi connectivity index (χ0n) is 15.7. The van der Waals surface area contributed by atoms with Gasteiger partial charge in [-0.05, 0) is 55.3 Å². The molecule has 0 aliphatic heterocycles. The fourth-order valence-corrected chi connectivity index (χ4v) is 3.69. The molecule has 0 spiro atoms. The van der Waals surface area contributed by atoms with Crippen molar-refractivity contribution in [2.24, 2.45) is 0 Å². The molecule has 2 aromatic heterocycles. The Balaban J connectivity index is 1.51. The molecular formula is C21H18F2N4O3. The topological polar surface area (TPSA) is 108 Å². The molecule has 0 radical (unpaired) electrons. The Bertz CT molecular complexity index is 1090. The maximum atomic E-state index is 14.2. The van der Waals surface area contributed by atoms with Crippen LogP contribution in [0.1, 0.15) is 28.9 Å². The lowest BCUT2D eigenvalue weighted by Crippen LogP contribution is -2.49. The first kappa shape index (κ1) is 19.7. The van der Waals surface area contributed by atoms with Crippen molar-refractivity contribution in [3.63, 3.8) is 0 Å². The number of rotatable bonds is 6. The summed E-state index contributed by atoms with van der Waals surface area (Å²) in [5.41, 5.74) is 0.151. The van der Waals surface area contributed by atoms with Gasteiger partial charge < -0.3 is 15.5 Å². The van der Waals surface area contributed by atoms with Crippen molar-refractivity contribution < 1.29 is 23.8 Å². The molecular weight excluding hydrogens is 394 g/mol. The number of carboxylic acids is 1. The van der Waals surface area contributed by atoms with Crippen LogP contribution in [0, 0.1) is 5.82 Å². The number of aromatic carboxylic acids is 1. The number of aromatic hydroxyl groups is 1. The van der Waals surface area contributed by atoms with Gasteiger partial charge in [-0.2, -0.15) is 0 Å². The van der Waals surface area contributed by atoms with Crippen molar-refractivity contribution in [1.82, 2.24) is 15.2 Å².